The lowest BCUT2D eigenvalue weighted by Gasteiger charge is -2.07. The molecule has 0 aliphatic heterocycles. The van der Waals surface area contributed by atoms with E-state index in [2.05, 4.69) is 39.1 Å². The van der Waals surface area contributed by atoms with Crippen LogP contribution < -0.4 is 0 Å². The fraction of sp³-hybridized carbons (Fsp3) is 0.316. The number of nitrogens with zero attached hydrogens (tertiary/aromatic N) is 6. The molecule has 0 unspecified atom stereocenters. The summed E-state index contributed by atoms with van der Waals surface area (Å²) in [6.07, 6.45) is 3.54. The van der Waals surface area contributed by atoms with E-state index in [9.17, 15) is 0 Å². The van der Waals surface area contributed by atoms with E-state index < -0.39 is 0 Å². The van der Waals surface area contributed by atoms with Crippen molar-refractivity contribution in [2.24, 2.45) is 0 Å². The van der Waals surface area contributed by atoms with Crippen LogP contribution in [0.2, 0.25) is 0 Å². The standard InChI is InChI=1S/C17H16N6O.C2H6/c1-9-10(2)14-8-19-23(17(14)20-11(9)3)15-7-13(5-6-18-15)16-21-12(4)24-22-16;1-2/h5-8H,1-4H3;1-2H3. The third kappa shape index (κ3) is 2.96. The topological polar surface area (TPSA) is 82.5 Å². The zero-order valence-electron chi connectivity index (χ0n) is 15.9. The van der Waals surface area contributed by atoms with Crippen molar-refractivity contribution in [1.82, 2.24) is 29.9 Å². The summed E-state index contributed by atoms with van der Waals surface area (Å²) < 4.78 is 6.79. The molecule has 0 spiro atoms. The lowest BCUT2D eigenvalue weighted by Crippen LogP contribution is -2.02. The number of aromatic nitrogens is 6. The van der Waals surface area contributed by atoms with Gasteiger partial charge in [-0.25, -0.2) is 9.97 Å². The summed E-state index contributed by atoms with van der Waals surface area (Å²) in [6, 6.07) is 3.72. The first-order valence-corrected chi connectivity index (χ1v) is 8.63. The minimum absolute atomic E-state index is 0.524. The summed E-state index contributed by atoms with van der Waals surface area (Å²) in [5, 5.41) is 9.46. The van der Waals surface area contributed by atoms with Gasteiger partial charge in [-0.2, -0.15) is 14.8 Å². The van der Waals surface area contributed by atoms with Gasteiger partial charge in [-0.1, -0.05) is 19.0 Å². The van der Waals surface area contributed by atoms with Gasteiger partial charge in [0.2, 0.25) is 11.7 Å². The van der Waals surface area contributed by atoms with Gasteiger partial charge >= 0.3 is 0 Å². The van der Waals surface area contributed by atoms with Gasteiger partial charge in [0, 0.05) is 29.8 Å². The van der Waals surface area contributed by atoms with Crippen molar-refractivity contribution >= 4 is 11.0 Å². The Labute approximate surface area is 152 Å². The molecule has 4 aromatic heterocycles. The summed E-state index contributed by atoms with van der Waals surface area (Å²) in [5.41, 5.74) is 4.98. The Morgan fingerprint density at radius 3 is 2.46 bits per heavy atom. The van der Waals surface area contributed by atoms with E-state index in [4.69, 9.17) is 4.52 Å². The maximum Gasteiger partial charge on any atom is 0.223 e. The van der Waals surface area contributed by atoms with Crippen molar-refractivity contribution in [3.05, 3.63) is 47.2 Å². The lowest BCUT2D eigenvalue weighted by atomic mass is 10.1. The maximum absolute atomic E-state index is 5.05. The zero-order chi connectivity index (χ0) is 18.8. The van der Waals surface area contributed by atoms with E-state index >= 15 is 0 Å². The van der Waals surface area contributed by atoms with Crippen molar-refractivity contribution in [3.63, 3.8) is 0 Å². The van der Waals surface area contributed by atoms with Crippen LogP contribution in [0.15, 0.2) is 29.0 Å². The molecule has 134 valence electrons. The zero-order valence-corrected chi connectivity index (χ0v) is 15.9. The summed E-state index contributed by atoms with van der Waals surface area (Å²) in [7, 11) is 0. The van der Waals surface area contributed by atoms with Gasteiger partial charge in [-0.3, -0.25) is 0 Å². The molecule has 0 saturated heterocycles. The molecule has 0 saturated carbocycles. The highest BCUT2D eigenvalue weighted by Crippen LogP contribution is 2.24. The van der Waals surface area contributed by atoms with Crippen LogP contribution in [0.25, 0.3) is 28.2 Å². The van der Waals surface area contributed by atoms with Gasteiger partial charge < -0.3 is 4.52 Å². The van der Waals surface area contributed by atoms with Gasteiger partial charge in [-0.15, -0.1) is 0 Å². The molecular formula is C19H22N6O. The highest BCUT2D eigenvalue weighted by molar-refractivity contribution is 5.81. The molecule has 0 radical (unpaired) electrons. The number of aryl methyl sites for hydroxylation is 3. The second-order valence-corrected chi connectivity index (χ2v) is 5.78. The fourth-order valence-electron chi connectivity index (χ4n) is 2.69. The van der Waals surface area contributed by atoms with E-state index in [1.54, 1.807) is 17.8 Å². The Hall–Kier alpha value is -3.09. The van der Waals surface area contributed by atoms with E-state index in [1.165, 1.54) is 11.1 Å². The summed E-state index contributed by atoms with van der Waals surface area (Å²) in [4.78, 5) is 13.4. The summed E-state index contributed by atoms with van der Waals surface area (Å²) in [6.45, 7) is 11.9. The maximum atomic E-state index is 5.05. The average Bonchev–Trinajstić information content (AvgIpc) is 3.28. The predicted octanol–water partition coefficient (Wildman–Crippen LogP) is 4.13. The minimum atomic E-state index is 0.524. The van der Waals surface area contributed by atoms with Crippen LogP contribution in [0.4, 0.5) is 0 Å². The molecule has 0 amide bonds. The number of hydrogen-bond acceptors (Lipinski definition) is 6. The normalized spacial score (nSPS) is 10.7. The van der Waals surface area contributed by atoms with Crippen molar-refractivity contribution in [1.29, 1.82) is 0 Å². The van der Waals surface area contributed by atoms with Crippen LogP contribution in [0.5, 0.6) is 0 Å². The lowest BCUT2D eigenvalue weighted by molar-refractivity contribution is 0.394. The van der Waals surface area contributed by atoms with Crippen LogP contribution in [0, 0.1) is 27.7 Å². The van der Waals surface area contributed by atoms with E-state index in [0.717, 1.165) is 22.3 Å². The van der Waals surface area contributed by atoms with Crippen molar-refractivity contribution < 1.29 is 4.52 Å². The Balaban J connectivity index is 0.000000948. The molecule has 0 bridgehead atoms. The Morgan fingerprint density at radius 1 is 1.00 bits per heavy atom. The number of hydrogen-bond donors (Lipinski definition) is 0. The number of pyridine rings is 2. The summed E-state index contributed by atoms with van der Waals surface area (Å²) in [5.74, 6) is 1.72. The van der Waals surface area contributed by atoms with Crippen LogP contribution in [-0.2, 0) is 0 Å². The molecule has 4 rings (SSSR count). The largest absolute Gasteiger partial charge is 0.339 e. The quantitative estimate of drug-likeness (QED) is 0.541. The molecule has 4 aromatic rings. The molecule has 0 fully saturated rings. The molecular weight excluding hydrogens is 328 g/mol. The third-order valence-electron chi connectivity index (χ3n) is 4.27. The predicted molar refractivity (Wildman–Crippen MR) is 100 cm³/mol. The Bertz CT molecular complexity index is 1060. The minimum Gasteiger partial charge on any atom is -0.339 e. The van der Waals surface area contributed by atoms with Crippen molar-refractivity contribution in [2.45, 2.75) is 41.5 Å². The van der Waals surface area contributed by atoms with Crippen molar-refractivity contribution in [3.8, 4) is 17.2 Å². The smallest absolute Gasteiger partial charge is 0.223 e. The van der Waals surface area contributed by atoms with Gasteiger partial charge in [-0.05, 0) is 44.0 Å². The Morgan fingerprint density at radius 2 is 1.77 bits per heavy atom. The number of rotatable bonds is 2. The van der Waals surface area contributed by atoms with Gasteiger partial charge in [0.1, 0.15) is 0 Å². The van der Waals surface area contributed by atoms with Crippen LogP contribution in [-0.4, -0.2) is 29.9 Å². The monoisotopic (exact) mass is 350 g/mol. The molecule has 0 N–H and O–H groups in total. The van der Waals surface area contributed by atoms with Gasteiger partial charge in [0.15, 0.2) is 11.5 Å². The third-order valence-corrected chi connectivity index (χ3v) is 4.27. The highest BCUT2D eigenvalue weighted by Gasteiger charge is 2.14. The van der Waals surface area contributed by atoms with Crippen molar-refractivity contribution in [2.75, 3.05) is 0 Å². The Kier molecular flexibility index (Phi) is 4.79. The fourth-order valence-corrected chi connectivity index (χ4v) is 2.69. The van der Waals surface area contributed by atoms with Crippen LogP contribution in [0.1, 0.15) is 36.6 Å². The first-order valence-electron chi connectivity index (χ1n) is 8.63. The van der Waals surface area contributed by atoms with Gasteiger partial charge in [0.05, 0.1) is 6.20 Å². The SMILES string of the molecule is CC.Cc1nc(-c2ccnc(-n3ncc4c(C)c(C)c(C)nc43)c2)no1. The summed E-state index contributed by atoms with van der Waals surface area (Å²) >= 11 is 0. The molecule has 0 aliphatic rings. The van der Waals surface area contributed by atoms with Crippen LogP contribution >= 0.6 is 0 Å². The molecule has 0 atom stereocenters. The van der Waals surface area contributed by atoms with Crippen LogP contribution in [0.3, 0.4) is 0 Å². The molecule has 7 heteroatoms. The highest BCUT2D eigenvalue weighted by atomic mass is 16.5. The first kappa shape index (κ1) is 17.7. The molecule has 7 nitrogen and oxygen atoms in total. The molecule has 4 heterocycles. The molecule has 26 heavy (non-hydrogen) atoms. The van der Waals surface area contributed by atoms with Gasteiger partial charge in [0.25, 0.3) is 0 Å². The first-order chi connectivity index (χ1) is 12.5. The molecule has 0 aromatic carbocycles. The average molecular weight is 350 g/mol. The number of fused-ring (bicyclic) bond motifs is 1. The van der Waals surface area contributed by atoms with E-state index in [0.29, 0.717) is 17.5 Å². The second kappa shape index (κ2) is 7.03. The molecule has 0 aliphatic carbocycles. The second-order valence-electron chi connectivity index (χ2n) is 5.78. The van der Waals surface area contributed by atoms with E-state index in [1.807, 2.05) is 39.1 Å². The van der Waals surface area contributed by atoms with E-state index in [-0.39, 0.29) is 0 Å².